The summed E-state index contributed by atoms with van der Waals surface area (Å²) in [6.07, 6.45) is 3.24. The first kappa shape index (κ1) is 15.8. The molecule has 2 heterocycles. The number of hydrogen-bond acceptors (Lipinski definition) is 4. The van der Waals surface area contributed by atoms with Crippen LogP contribution in [-0.4, -0.2) is 38.5 Å². The van der Waals surface area contributed by atoms with E-state index in [0.29, 0.717) is 12.0 Å². The summed E-state index contributed by atoms with van der Waals surface area (Å²) in [5.74, 6) is 1.42. The topological polar surface area (TPSA) is 30.5 Å². The van der Waals surface area contributed by atoms with Crippen LogP contribution >= 0.6 is 22.9 Å². The van der Waals surface area contributed by atoms with Gasteiger partial charge in [0.15, 0.2) is 0 Å². The van der Waals surface area contributed by atoms with Crippen molar-refractivity contribution in [2.45, 2.75) is 43.7 Å². The molecule has 2 aliphatic rings. The van der Waals surface area contributed by atoms with Crippen molar-refractivity contribution in [2.24, 2.45) is 5.92 Å². The molecule has 1 saturated carbocycles. The van der Waals surface area contributed by atoms with Gasteiger partial charge < -0.3 is 14.8 Å². The molecule has 3 nitrogen and oxygen atoms in total. The fourth-order valence-corrected chi connectivity index (χ4v) is 4.57. The normalized spacial score (nSPS) is 29.3. The van der Waals surface area contributed by atoms with Gasteiger partial charge in [0.05, 0.1) is 9.94 Å². The minimum absolute atomic E-state index is 0.0386. The summed E-state index contributed by atoms with van der Waals surface area (Å²) in [6.45, 7) is 4.83. The molecule has 0 aromatic carbocycles. The average molecular weight is 330 g/mol. The van der Waals surface area contributed by atoms with Gasteiger partial charge in [0, 0.05) is 50.6 Å². The van der Waals surface area contributed by atoms with Crippen molar-refractivity contribution >= 4 is 22.9 Å². The fourth-order valence-electron chi connectivity index (χ4n) is 3.32. The monoisotopic (exact) mass is 329 g/mol. The summed E-state index contributed by atoms with van der Waals surface area (Å²) in [6, 6.07) is 4.71. The van der Waals surface area contributed by atoms with Crippen molar-refractivity contribution in [3.8, 4) is 0 Å². The molecule has 3 atom stereocenters. The molecular formula is C16H24ClNO2S. The lowest BCUT2D eigenvalue weighted by Crippen LogP contribution is -2.49. The molecule has 1 aliphatic carbocycles. The lowest BCUT2D eigenvalue weighted by atomic mass is 9.93. The molecule has 1 aliphatic heterocycles. The van der Waals surface area contributed by atoms with Crippen molar-refractivity contribution in [3.05, 3.63) is 21.3 Å². The molecule has 21 heavy (non-hydrogen) atoms. The van der Waals surface area contributed by atoms with Crippen molar-refractivity contribution in [1.29, 1.82) is 0 Å². The van der Waals surface area contributed by atoms with Gasteiger partial charge in [0.1, 0.15) is 0 Å². The van der Waals surface area contributed by atoms with Gasteiger partial charge in [-0.05, 0) is 37.3 Å². The van der Waals surface area contributed by atoms with Crippen molar-refractivity contribution in [2.75, 3.05) is 26.9 Å². The Hall–Kier alpha value is -0.130. The number of hydrogen-bond donors (Lipinski definition) is 1. The van der Waals surface area contributed by atoms with E-state index >= 15 is 0 Å². The summed E-state index contributed by atoms with van der Waals surface area (Å²) in [5, 5.41) is 3.70. The van der Waals surface area contributed by atoms with Gasteiger partial charge in [-0.3, -0.25) is 0 Å². The predicted molar refractivity (Wildman–Crippen MR) is 87.4 cm³/mol. The highest BCUT2D eigenvalue weighted by atomic mass is 35.5. The van der Waals surface area contributed by atoms with Crippen molar-refractivity contribution < 1.29 is 9.47 Å². The fraction of sp³-hybridized carbons (Fsp3) is 0.750. The maximum Gasteiger partial charge on any atom is 0.0931 e. The van der Waals surface area contributed by atoms with E-state index in [0.717, 1.165) is 42.9 Å². The van der Waals surface area contributed by atoms with Crippen LogP contribution in [0.4, 0.5) is 0 Å². The van der Waals surface area contributed by atoms with Gasteiger partial charge in [0.25, 0.3) is 0 Å². The Morgan fingerprint density at radius 1 is 1.48 bits per heavy atom. The summed E-state index contributed by atoms with van der Waals surface area (Å²) in [4.78, 5) is 1.44. The van der Waals surface area contributed by atoms with E-state index in [9.17, 15) is 0 Å². The molecule has 118 valence electrons. The van der Waals surface area contributed by atoms with Crippen LogP contribution < -0.4 is 5.32 Å². The van der Waals surface area contributed by atoms with E-state index in [2.05, 4.69) is 18.3 Å². The molecular weight excluding hydrogens is 306 g/mol. The SMILES string of the molecule is COC1(CN[C@@H](C)[C@@H]2C[C@H]2c2ccc(Cl)s2)CCOCC1. The summed E-state index contributed by atoms with van der Waals surface area (Å²) < 4.78 is 12.1. The lowest BCUT2D eigenvalue weighted by Gasteiger charge is -2.37. The molecule has 0 amide bonds. The van der Waals surface area contributed by atoms with Crippen LogP contribution in [0.2, 0.25) is 4.34 Å². The van der Waals surface area contributed by atoms with Gasteiger partial charge >= 0.3 is 0 Å². The number of halogens is 1. The van der Waals surface area contributed by atoms with Gasteiger partial charge in [-0.25, -0.2) is 0 Å². The quantitative estimate of drug-likeness (QED) is 0.863. The number of methoxy groups -OCH3 is 1. The molecule has 2 fully saturated rings. The maximum atomic E-state index is 6.03. The molecule has 0 unspecified atom stereocenters. The zero-order valence-corrected chi connectivity index (χ0v) is 14.3. The van der Waals surface area contributed by atoms with Crippen LogP contribution in [0.25, 0.3) is 0 Å². The van der Waals surface area contributed by atoms with Crippen LogP contribution in [0.1, 0.15) is 37.0 Å². The zero-order chi connectivity index (χ0) is 14.9. The number of ether oxygens (including phenoxy) is 2. The summed E-state index contributed by atoms with van der Waals surface area (Å²) in [5.41, 5.74) is -0.0386. The van der Waals surface area contributed by atoms with Gasteiger partial charge in [-0.15, -0.1) is 11.3 Å². The van der Waals surface area contributed by atoms with Crippen molar-refractivity contribution in [3.63, 3.8) is 0 Å². The molecule has 5 heteroatoms. The second-order valence-corrected chi connectivity index (χ2v) is 8.06. The largest absolute Gasteiger partial charge is 0.381 e. The average Bonchev–Trinajstić information content (AvgIpc) is 3.20. The Labute approximate surface area is 136 Å². The molecule has 3 rings (SSSR count). The third-order valence-corrected chi connectivity index (χ3v) is 6.39. The molecule has 0 bridgehead atoms. The van der Waals surface area contributed by atoms with Crippen LogP contribution in [0.15, 0.2) is 12.1 Å². The highest BCUT2D eigenvalue weighted by molar-refractivity contribution is 7.16. The van der Waals surface area contributed by atoms with E-state index in [1.165, 1.54) is 11.3 Å². The molecule has 1 aromatic rings. The third-order valence-electron chi connectivity index (χ3n) is 5.02. The van der Waals surface area contributed by atoms with Crippen molar-refractivity contribution in [1.82, 2.24) is 5.32 Å². The minimum atomic E-state index is -0.0386. The smallest absolute Gasteiger partial charge is 0.0931 e. The van der Waals surface area contributed by atoms with E-state index in [4.69, 9.17) is 21.1 Å². The Morgan fingerprint density at radius 2 is 2.24 bits per heavy atom. The Morgan fingerprint density at radius 3 is 2.86 bits per heavy atom. The van der Waals surface area contributed by atoms with E-state index < -0.39 is 0 Å². The zero-order valence-electron chi connectivity index (χ0n) is 12.7. The van der Waals surface area contributed by atoms with Crippen LogP contribution in [0.5, 0.6) is 0 Å². The minimum Gasteiger partial charge on any atom is -0.381 e. The first-order chi connectivity index (χ1) is 10.1. The standard InChI is InChI=1S/C16H24ClNO2S/c1-11(12-9-13(12)14-3-4-15(17)21-14)18-10-16(19-2)5-7-20-8-6-16/h3-4,11-13,18H,5-10H2,1-2H3/t11-,12-,13+/m0/s1. The maximum absolute atomic E-state index is 6.03. The molecule has 0 radical (unpaired) electrons. The first-order valence-corrected chi connectivity index (χ1v) is 8.94. The van der Waals surface area contributed by atoms with Crippen LogP contribution in [0, 0.1) is 5.92 Å². The Balaban J connectivity index is 1.50. The number of nitrogens with one attached hydrogen (secondary N) is 1. The molecule has 1 aromatic heterocycles. The Bertz CT molecular complexity index is 473. The van der Waals surface area contributed by atoms with Crippen LogP contribution in [0.3, 0.4) is 0 Å². The number of rotatable bonds is 6. The van der Waals surface area contributed by atoms with E-state index in [-0.39, 0.29) is 5.60 Å². The number of thiophene rings is 1. The highest BCUT2D eigenvalue weighted by Crippen LogP contribution is 2.52. The predicted octanol–water partition coefficient (Wildman–Crippen LogP) is 3.68. The molecule has 0 spiro atoms. The summed E-state index contributed by atoms with van der Waals surface area (Å²) >= 11 is 7.76. The second-order valence-electron chi connectivity index (χ2n) is 6.32. The first-order valence-electron chi connectivity index (χ1n) is 7.75. The second kappa shape index (κ2) is 6.55. The van der Waals surface area contributed by atoms with Crippen LogP contribution in [-0.2, 0) is 9.47 Å². The molecule has 1 saturated heterocycles. The molecule has 1 N–H and O–H groups in total. The van der Waals surface area contributed by atoms with Gasteiger partial charge in [-0.2, -0.15) is 0 Å². The highest BCUT2D eigenvalue weighted by Gasteiger charge is 2.43. The van der Waals surface area contributed by atoms with Gasteiger partial charge in [-0.1, -0.05) is 11.6 Å². The Kier molecular flexibility index (Phi) is 4.91. The van der Waals surface area contributed by atoms with E-state index in [1.807, 2.05) is 13.2 Å². The van der Waals surface area contributed by atoms with E-state index in [1.54, 1.807) is 11.3 Å². The lowest BCUT2D eigenvalue weighted by molar-refractivity contribution is -0.0887. The summed E-state index contributed by atoms with van der Waals surface area (Å²) in [7, 11) is 1.82. The third kappa shape index (κ3) is 3.62. The van der Waals surface area contributed by atoms with Gasteiger partial charge in [0.2, 0.25) is 0 Å².